The van der Waals surface area contributed by atoms with Crippen molar-refractivity contribution in [2.75, 3.05) is 18.4 Å². The minimum Gasteiger partial charge on any atom is -0.753 e. The van der Waals surface area contributed by atoms with Crippen molar-refractivity contribution in [3.8, 4) is 5.75 Å². The molecule has 0 aliphatic rings. The molecule has 0 aromatic heterocycles. The van der Waals surface area contributed by atoms with E-state index in [1.807, 2.05) is 0 Å². The number of unbranched alkanes of at least 4 members (excludes halogenated alkanes) is 1. The lowest BCUT2D eigenvalue weighted by Crippen LogP contribution is -2.22. The first-order chi connectivity index (χ1) is 10.6. The number of nitrogens with two attached hydrogens (primary N) is 1. The molecule has 22 heavy (non-hydrogen) atoms. The van der Waals surface area contributed by atoms with Gasteiger partial charge in [-0.25, -0.2) is 10.0 Å². The van der Waals surface area contributed by atoms with Crippen LogP contribution in [0.3, 0.4) is 0 Å². The topological polar surface area (TPSA) is 123 Å². The predicted octanol–water partition coefficient (Wildman–Crippen LogP) is 1.40. The Morgan fingerprint density at radius 2 is 1.95 bits per heavy atom. The summed E-state index contributed by atoms with van der Waals surface area (Å²) in [6.07, 6.45) is 2.09. The molecule has 0 unspecified atom stereocenters. The molecule has 0 bridgehead atoms. The smallest absolute Gasteiger partial charge is 0.330 e. The highest BCUT2D eigenvalue weighted by molar-refractivity contribution is 5.81. The van der Waals surface area contributed by atoms with Crippen molar-refractivity contribution in [2.45, 2.75) is 12.8 Å². The van der Waals surface area contributed by atoms with Gasteiger partial charge in [0.05, 0.1) is 12.3 Å². The van der Waals surface area contributed by atoms with E-state index < -0.39 is 5.97 Å². The molecule has 2 N–H and O–H groups in total. The molecule has 0 radical (unpaired) electrons. The third-order valence-electron chi connectivity index (χ3n) is 2.50. The molecular weight excluding hydrogens is 294 g/mol. The molecule has 1 aromatic rings. The highest BCUT2D eigenvalue weighted by atomic mass is 16.9. The average molecular weight is 311 g/mol. The predicted molar refractivity (Wildman–Crippen MR) is 78.7 cm³/mol. The van der Waals surface area contributed by atoms with Crippen molar-refractivity contribution in [1.29, 1.82) is 0 Å². The van der Waals surface area contributed by atoms with Gasteiger partial charge in [0, 0.05) is 12.6 Å². The maximum Gasteiger partial charge on any atom is 0.330 e. The lowest BCUT2D eigenvalue weighted by Gasteiger charge is -2.28. The maximum atomic E-state index is 11.5. The molecule has 0 fully saturated rings. The van der Waals surface area contributed by atoms with Crippen LogP contribution in [0.2, 0.25) is 0 Å². The van der Waals surface area contributed by atoms with Gasteiger partial charge in [-0.15, -0.1) is 0 Å². The molecule has 1 aromatic carbocycles. The molecule has 0 aliphatic heterocycles. The fourth-order valence-corrected chi connectivity index (χ4v) is 1.43. The van der Waals surface area contributed by atoms with Crippen molar-refractivity contribution < 1.29 is 19.3 Å². The van der Waals surface area contributed by atoms with E-state index >= 15 is 0 Å². The summed E-state index contributed by atoms with van der Waals surface area (Å²) in [6.45, 7) is 3.59. The Labute approximate surface area is 127 Å². The SMILES string of the molecule is C=CC(=O)OCCCCN([O-])Oc1ccc(N([O-])ON)cc1. The summed E-state index contributed by atoms with van der Waals surface area (Å²) in [6, 6.07) is 5.63. The van der Waals surface area contributed by atoms with Crippen molar-refractivity contribution in [1.82, 2.24) is 5.23 Å². The van der Waals surface area contributed by atoms with E-state index in [0.717, 1.165) is 6.08 Å². The zero-order valence-electron chi connectivity index (χ0n) is 11.8. The lowest BCUT2D eigenvalue weighted by atomic mass is 10.3. The van der Waals surface area contributed by atoms with Gasteiger partial charge in [0.25, 0.3) is 0 Å². The summed E-state index contributed by atoms with van der Waals surface area (Å²) < 4.78 is 4.76. The number of ether oxygens (including phenoxy) is 1. The maximum absolute atomic E-state index is 11.5. The summed E-state index contributed by atoms with van der Waals surface area (Å²) in [7, 11) is 0. The average Bonchev–Trinajstić information content (AvgIpc) is 2.54. The third-order valence-corrected chi connectivity index (χ3v) is 2.50. The number of hydrogen-bond acceptors (Lipinski definition) is 9. The molecule has 9 nitrogen and oxygen atoms in total. The minimum atomic E-state index is -0.496. The number of rotatable bonds is 10. The molecule has 0 aliphatic carbocycles. The molecule has 122 valence electrons. The van der Waals surface area contributed by atoms with Crippen LogP contribution in [0.5, 0.6) is 5.75 Å². The molecule has 0 atom stereocenters. The van der Waals surface area contributed by atoms with Crippen molar-refractivity contribution >= 4 is 11.7 Å². The molecular formula is C13H17N3O6-2. The second kappa shape index (κ2) is 9.71. The van der Waals surface area contributed by atoms with Gasteiger partial charge in [0.2, 0.25) is 0 Å². The number of hydroxylamine groups is 2. The number of esters is 1. The van der Waals surface area contributed by atoms with Crippen LogP contribution >= 0.6 is 0 Å². The fraction of sp³-hybridized carbons (Fsp3) is 0.308. The second-order valence-electron chi connectivity index (χ2n) is 4.08. The van der Waals surface area contributed by atoms with Crippen LogP contribution in [0.25, 0.3) is 0 Å². The summed E-state index contributed by atoms with van der Waals surface area (Å²) >= 11 is 0. The highest BCUT2D eigenvalue weighted by Gasteiger charge is 2.00. The number of anilines is 1. The first-order valence-corrected chi connectivity index (χ1v) is 6.43. The van der Waals surface area contributed by atoms with Gasteiger partial charge in [-0.05, 0) is 37.1 Å². The molecule has 0 saturated carbocycles. The zero-order chi connectivity index (χ0) is 16.4. The largest absolute Gasteiger partial charge is 0.753 e. The summed E-state index contributed by atoms with van der Waals surface area (Å²) in [5, 5.41) is 23.0. The third kappa shape index (κ3) is 6.52. The highest BCUT2D eigenvalue weighted by Crippen LogP contribution is 2.19. The monoisotopic (exact) mass is 311 g/mol. The van der Waals surface area contributed by atoms with E-state index in [1.54, 1.807) is 0 Å². The van der Waals surface area contributed by atoms with Crippen LogP contribution in [0.4, 0.5) is 5.69 Å². The van der Waals surface area contributed by atoms with E-state index in [2.05, 4.69) is 11.5 Å². The standard InChI is InChI=1S/C13H17N3O6/c1-2-13(17)20-10-4-3-9-15(18)21-12-7-5-11(6-8-12)16(19)22-14/h2,5-8H,1,3-4,9-10,14H2/q-2. The van der Waals surface area contributed by atoms with Crippen molar-refractivity contribution in [3.05, 3.63) is 47.3 Å². The molecule has 1 rings (SSSR count). The van der Waals surface area contributed by atoms with E-state index in [0.29, 0.717) is 18.1 Å². The molecule has 0 heterocycles. The Bertz CT molecular complexity index is 467. The van der Waals surface area contributed by atoms with Gasteiger partial charge in [-0.3, -0.25) is 5.23 Å². The minimum absolute atomic E-state index is 0.104. The first-order valence-electron chi connectivity index (χ1n) is 6.43. The van der Waals surface area contributed by atoms with Crippen LogP contribution in [0.1, 0.15) is 12.8 Å². The zero-order valence-corrected chi connectivity index (χ0v) is 11.8. The molecule has 0 amide bonds. The second-order valence-corrected chi connectivity index (χ2v) is 4.08. The Balaban J connectivity index is 2.25. The number of carbonyl (C=O) groups excluding carboxylic acids is 1. The molecule has 0 spiro atoms. The van der Waals surface area contributed by atoms with Crippen LogP contribution < -0.4 is 16.0 Å². The summed E-state index contributed by atoms with van der Waals surface area (Å²) in [5.74, 6) is 4.49. The first kappa shape index (κ1) is 17.9. The number of benzene rings is 1. The van der Waals surface area contributed by atoms with Crippen LogP contribution in [-0.4, -0.2) is 24.3 Å². The van der Waals surface area contributed by atoms with Gasteiger partial charge in [-0.1, -0.05) is 6.58 Å². The van der Waals surface area contributed by atoms with E-state index in [-0.39, 0.29) is 29.8 Å². The Morgan fingerprint density at radius 1 is 1.27 bits per heavy atom. The van der Waals surface area contributed by atoms with Crippen molar-refractivity contribution in [2.24, 2.45) is 5.90 Å². The number of hydrogen-bond donors (Lipinski definition) is 1. The number of carbonyl (C=O) groups is 1. The van der Waals surface area contributed by atoms with E-state index in [9.17, 15) is 15.2 Å². The van der Waals surface area contributed by atoms with Gasteiger partial charge in [0.1, 0.15) is 5.75 Å². The van der Waals surface area contributed by atoms with Gasteiger partial charge < -0.3 is 20.0 Å². The fourth-order valence-electron chi connectivity index (χ4n) is 1.43. The Morgan fingerprint density at radius 3 is 2.55 bits per heavy atom. The van der Waals surface area contributed by atoms with Crippen molar-refractivity contribution in [3.63, 3.8) is 0 Å². The van der Waals surface area contributed by atoms with Crippen LogP contribution in [-0.2, 0) is 14.5 Å². The summed E-state index contributed by atoms with van der Waals surface area (Å²) in [4.78, 5) is 19.7. The van der Waals surface area contributed by atoms with Gasteiger partial charge in [-0.2, -0.15) is 10.8 Å². The molecule has 0 saturated heterocycles. The lowest BCUT2D eigenvalue weighted by molar-refractivity contribution is -0.137. The van der Waals surface area contributed by atoms with E-state index in [4.69, 9.17) is 15.5 Å². The van der Waals surface area contributed by atoms with Gasteiger partial charge >= 0.3 is 5.97 Å². The van der Waals surface area contributed by atoms with Crippen LogP contribution in [0.15, 0.2) is 36.9 Å². The Kier molecular flexibility index (Phi) is 7.89. The van der Waals surface area contributed by atoms with Crippen LogP contribution in [0, 0.1) is 10.4 Å². The summed E-state index contributed by atoms with van der Waals surface area (Å²) in [5.41, 5.74) is 0.163. The van der Waals surface area contributed by atoms with Gasteiger partial charge in [0.15, 0.2) is 0 Å². The quantitative estimate of drug-likeness (QED) is 0.295. The van der Waals surface area contributed by atoms with E-state index in [1.165, 1.54) is 24.3 Å². The Hall–Kier alpha value is -2.17. The normalized spacial score (nSPS) is 10.4. The number of nitrogens with zero attached hydrogens (tertiary/aromatic N) is 2. The molecule has 9 heteroatoms.